The van der Waals surface area contributed by atoms with Gasteiger partial charge >= 0.3 is 0 Å². The van der Waals surface area contributed by atoms with Gasteiger partial charge in [0.1, 0.15) is 5.82 Å². The smallest absolute Gasteiger partial charge is 0.122 e. The van der Waals surface area contributed by atoms with E-state index in [0.717, 1.165) is 32.7 Å². The highest BCUT2D eigenvalue weighted by Gasteiger charge is 2.21. The Hall–Kier alpha value is -0.870. The molecule has 0 aromatic carbocycles. The SMILES string of the molecule is CCN(Cc1nccn1CC)C1CCNC1. The van der Waals surface area contributed by atoms with Gasteiger partial charge < -0.3 is 9.88 Å². The summed E-state index contributed by atoms with van der Waals surface area (Å²) in [6, 6.07) is 0.687. The number of hydrogen-bond donors (Lipinski definition) is 1. The lowest BCUT2D eigenvalue weighted by atomic mass is 10.2. The Morgan fingerprint density at radius 2 is 2.44 bits per heavy atom. The van der Waals surface area contributed by atoms with Crippen molar-refractivity contribution < 1.29 is 0 Å². The van der Waals surface area contributed by atoms with Crippen molar-refractivity contribution in [2.75, 3.05) is 19.6 Å². The third kappa shape index (κ3) is 2.44. The maximum atomic E-state index is 4.45. The quantitative estimate of drug-likeness (QED) is 0.809. The van der Waals surface area contributed by atoms with Gasteiger partial charge in [-0.25, -0.2) is 4.98 Å². The molecule has 0 bridgehead atoms. The summed E-state index contributed by atoms with van der Waals surface area (Å²) in [6.07, 6.45) is 5.23. The first-order valence-electron chi connectivity index (χ1n) is 6.30. The average molecular weight is 222 g/mol. The number of imidazole rings is 1. The zero-order chi connectivity index (χ0) is 11.4. The predicted molar refractivity (Wildman–Crippen MR) is 65.3 cm³/mol. The lowest BCUT2D eigenvalue weighted by Crippen LogP contribution is -2.36. The van der Waals surface area contributed by atoms with Crippen LogP contribution in [-0.2, 0) is 13.1 Å². The van der Waals surface area contributed by atoms with E-state index >= 15 is 0 Å². The van der Waals surface area contributed by atoms with E-state index in [9.17, 15) is 0 Å². The molecule has 1 aromatic rings. The second-order valence-corrected chi connectivity index (χ2v) is 4.34. The van der Waals surface area contributed by atoms with Crippen LogP contribution in [0.4, 0.5) is 0 Å². The highest BCUT2D eigenvalue weighted by Crippen LogP contribution is 2.12. The topological polar surface area (TPSA) is 33.1 Å². The highest BCUT2D eigenvalue weighted by atomic mass is 15.2. The van der Waals surface area contributed by atoms with E-state index < -0.39 is 0 Å². The fraction of sp³-hybridized carbons (Fsp3) is 0.750. The van der Waals surface area contributed by atoms with Crippen LogP contribution in [0.3, 0.4) is 0 Å². The molecule has 0 radical (unpaired) electrons. The number of likely N-dealkylation sites (N-methyl/N-ethyl adjacent to an activating group) is 1. The molecule has 1 N–H and O–H groups in total. The monoisotopic (exact) mass is 222 g/mol. The standard InChI is InChI=1S/C12H22N4/c1-3-15-8-7-14-12(15)10-16(4-2)11-5-6-13-9-11/h7-8,11,13H,3-6,9-10H2,1-2H3. The normalized spacial score (nSPS) is 20.8. The third-order valence-electron chi connectivity index (χ3n) is 3.44. The van der Waals surface area contributed by atoms with Crippen molar-refractivity contribution in [2.45, 2.75) is 39.4 Å². The molecule has 4 heteroatoms. The van der Waals surface area contributed by atoms with Gasteiger partial charge in [0.05, 0.1) is 6.54 Å². The van der Waals surface area contributed by atoms with Crippen LogP contribution < -0.4 is 5.32 Å². The molecule has 2 rings (SSSR count). The Kier molecular flexibility index (Phi) is 3.96. The molecule has 0 amide bonds. The van der Waals surface area contributed by atoms with Crippen LogP contribution >= 0.6 is 0 Å². The number of hydrogen-bond acceptors (Lipinski definition) is 3. The van der Waals surface area contributed by atoms with Crippen molar-refractivity contribution in [3.63, 3.8) is 0 Å². The molecule has 90 valence electrons. The summed E-state index contributed by atoms with van der Waals surface area (Å²) in [4.78, 5) is 6.97. The van der Waals surface area contributed by atoms with Crippen molar-refractivity contribution in [3.05, 3.63) is 18.2 Å². The lowest BCUT2D eigenvalue weighted by Gasteiger charge is -2.26. The summed E-state index contributed by atoms with van der Waals surface area (Å²) in [7, 11) is 0. The van der Waals surface area contributed by atoms with Gasteiger partial charge in [0.2, 0.25) is 0 Å². The van der Waals surface area contributed by atoms with Crippen LogP contribution in [0.25, 0.3) is 0 Å². The van der Waals surface area contributed by atoms with Gasteiger partial charge in [0.25, 0.3) is 0 Å². The molecule has 1 saturated heterocycles. The van der Waals surface area contributed by atoms with Gasteiger partial charge in [0, 0.05) is 31.5 Å². The Balaban J connectivity index is 2.00. The summed E-state index contributed by atoms with van der Waals surface area (Å²) < 4.78 is 2.23. The maximum Gasteiger partial charge on any atom is 0.122 e. The second kappa shape index (κ2) is 5.46. The van der Waals surface area contributed by atoms with Gasteiger partial charge in [-0.05, 0) is 26.4 Å². The van der Waals surface area contributed by atoms with Gasteiger partial charge in [-0.1, -0.05) is 6.92 Å². The zero-order valence-corrected chi connectivity index (χ0v) is 10.3. The molecule has 16 heavy (non-hydrogen) atoms. The maximum absolute atomic E-state index is 4.45. The summed E-state index contributed by atoms with van der Waals surface area (Å²) in [5.41, 5.74) is 0. The van der Waals surface area contributed by atoms with Gasteiger partial charge in [0.15, 0.2) is 0 Å². The Bertz CT molecular complexity index is 315. The van der Waals surface area contributed by atoms with Gasteiger partial charge in [-0.15, -0.1) is 0 Å². The first-order chi connectivity index (χ1) is 7.85. The van der Waals surface area contributed by atoms with E-state index in [1.807, 2.05) is 6.20 Å². The Labute approximate surface area is 97.7 Å². The van der Waals surface area contributed by atoms with E-state index in [-0.39, 0.29) is 0 Å². The summed E-state index contributed by atoms with van der Waals surface area (Å²) in [5.74, 6) is 1.19. The van der Waals surface area contributed by atoms with E-state index in [1.165, 1.54) is 12.2 Å². The minimum absolute atomic E-state index is 0.687. The van der Waals surface area contributed by atoms with Crippen LogP contribution in [-0.4, -0.2) is 40.1 Å². The lowest BCUT2D eigenvalue weighted by molar-refractivity contribution is 0.202. The largest absolute Gasteiger partial charge is 0.334 e. The number of aryl methyl sites for hydroxylation is 1. The van der Waals surface area contributed by atoms with Gasteiger partial charge in [-0.2, -0.15) is 0 Å². The molecule has 1 aromatic heterocycles. The summed E-state index contributed by atoms with van der Waals surface area (Å²) in [6.45, 7) is 9.77. The van der Waals surface area contributed by atoms with Crippen molar-refractivity contribution in [1.82, 2.24) is 19.8 Å². The predicted octanol–water partition coefficient (Wildman–Crippen LogP) is 1.09. The summed E-state index contributed by atoms with van der Waals surface area (Å²) >= 11 is 0. The molecule has 0 aliphatic carbocycles. The minimum atomic E-state index is 0.687. The molecule has 1 atom stereocenters. The van der Waals surface area contributed by atoms with Gasteiger partial charge in [-0.3, -0.25) is 4.90 Å². The van der Waals surface area contributed by atoms with Crippen molar-refractivity contribution in [2.24, 2.45) is 0 Å². The van der Waals surface area contributed by atoms with Crippen LogP contribution in [0, 0.1) is 0 Å². The first-order valence-corrected chi connectivity index (χ1v) is 6.30. The molecule has 1 aliphatic rings. The van der Waals surface area contributed by atoms with Crippen LogP contribution in [0.15, 0.2) is 12.4 Å². The van der Waals surface area contributed by atoms with Crippen molar-refractivity contribution in [1.29, 1.82) is 0 Å². The fourth-order valence-corrected chi connectivity index (χ4v) is 2.41. The molecule has 4 nitrogen and oxygen atoms in total. The van der Waals surface area contributed by atoms with E-state index in [2.05, 4.69) is 39.8 Å². The number of aromatic nitrogens is 2. The Morgan fingerprint density at radius 3 is 3.06 bits per heavy atom. The Morgan fingerprint density at radius 1 is 1.56 bits per heavy atom. The van der Waals surface area contributed by atoms with Crippen LogP contribution in [0.1, 0.15) is 26.1 Å². The second-order valence-electron chi connectivity index (χ2n) is 4.34. The molecule has 1 unspecified atom stereocenters. The number of nitrogens with one attached hydrogen (secondary N) is 1. The van der Waals surface area contributed by atoms with E-state index in [0.29, 0.717) is 6.04 Å². The molecule has 2 heterocycles. The molecular formula is C12H22N4. The van der Waals surface area contributed by atoms with Crippen LogP contribution in [0.5, 0.6) is 0 Å². The molecule has 0 saturated carbocycles. The number of nitrogens with zero attached hydrogens (tertiary/aromatic N) is 3. The molecule has 1 fully saturated rings. The first kappa shape index (κ1) is 11.6. The minimum Gasteiger partial charge on any atom is -0.334 e. The van der Waals surface area contributed by atoms with Crippen molar-refractivity contribution >= 4 is 0 Å². The molecule has 1 aliphatic heterocycles. The third-order valence-corrected chi connectivity index (χ3v) is 3.44. The average Bonchev–Trinajstić information content (AvgIpc) is 2.96. The van der Waals surface area contributed by atoms with Crippen LogP contribution in [0.2, 0.25) is 0 Å². The molecular weight excluding hydrogens is 200 g/mol. The van der Waals surface area contributed by atoms with E-state index in [1.54, 1.807) is 0 Å². The zero-order valence-electron chi connectivity index (χ0n) is 10.3. The van der Waals surface area contributed by atoms with E-state index in [4.69, 9.17) is 0 Å². The fourth-order valence-electron chi connectivity index (χ4n) is 2.41. The van der Waals surface area contributed by atoms with Crippen molar-refractivity contribution in [3.8, 4) is 0 Å². The highest BCUT2D eigenvalue weighted by molar-refractivity contribution is 4.94. The summed E-state index contributed by atoms with van der Waals surface area (Å²) in [5, 5.41) is 3.43. The number of rotatable bonds is 5. The molecule has 0 spiro atoms.